The molecule has 1 unspecified atom stereocenters. The third kappa shape index (κ3) is 6.50. The predicted octanol–water partition coefficient (Wildman–Crippen LogP) is 7.69. The van der Waals surface area contributed by atoms with E-state index in [2.05, 4.69) is 30.8 Å². The standard InChI is InChI=1S/C33H30O4/c1-2-4-28(34)5-3-6-32(24-11-17-29(35)18-12-24)23-7-9-25(10-8-23)33(26-13-19-30(36)20-14-26)27-15-21-31(37)22-16-27/h2-5,7-22,32-37H,1,6H2/b5-3-,28-4+. The van der Waals surface area contributed by atoms with Gasteiger partial charge in [-0.2, -0.15) is 0 Å². The predicted molar refractivity (Wildman–Crippen MR) is 148 cm³/mol. The van der Waals surface area contributed by atoms with Crippen LogP contribution in [0.3, 0.4) is 0 Å². The summed E-state index contributed by atoms with van der Waals surface area (Å²) in [6.45, 7) is 3.60. The van der Waals surface area contributed by atoms with Gasteiger partial charge in [0.05, 0.1) is 0 Å². The highest BCUT2D eigenvalue weighted by molar-refractivity contribution is 5.47. The van der Waals surface area contributed by atoms with Crippen LogP contribution in [0.25, 0.3) is 0 Å². The zero-order valence-electron chi connectivity index (χ0n) is 20.4. The van der Waals surface area contributed by atoms with Gasteiger partial charge in [0.15, 0.2) is 0 Å². The summed E-state index contributed by atoms with van der Waals surface area (Å²) in [6.07, 6.45) is 7.31. The molecule has 4 rings (SSSR count). The smallest absolute Gasteiger partial charge is 0.115 e. The van der Waals surface area contributed by atoms with Gasteiger partial charge in [-0.1, -0.05) is 79.4 Å². The van der Waals surface area contributed by atoms with Gasteiger partial charge in [0.2, 0.25) is 0 Å². The van der Waals surface area contributed by atoms with Crippen molar-refractivity contribution in [1.29, 1.82) is 0 Å². The number of hydrogen-bond donors (Lipinski definition) is 4. The molecule has 1 atom stereocenters. The maximum Gasteiger partial charge on any atom is 0.115 e. The number of rotatable bonds is 9. The van der Waals surface area contributed by atoms with Gasteiger partial charge in [-0.05, 0) is 82.8 Å². The van der Waals surface area contributed by atoms with Crippen LogP contribution >= 0.6 is 0 Å². The number of aromatic hydroxyl groups is 3. The van der Waals surface area contributed by atoms with E-state index in [0.29, 0.717) is 6.42 Å². The Morgan fingerprint density at radius 2 is 0.946 bits per heavy atom. The van der Waals surface area contributed by atoms with Crippen LogP contribution in [0.1, 0.15) is 46.1 Å². The molecule has 0 heterocycles. The van der Waals surface area contributed by atoms with Gasteiger partial charge in [-0.25, -0.2) is 0 Å². The Bertz CT molecular complexity index is 1320. The summed E-state index contributed by atoms with van der Waals surface area (Å²) in [4.78, 5) is 0. The zero-order valence-corrected chi connectivity index (χ0v) is 20.4. The van der Waals surface area contributed by atoms with Gasteiger partial charge in [0, 0.05) is 11.8 Å². The number of aliphatic hydroxyl groups excluding tert-OH is 1. The summed E-state index contributed by atoms with van der Waals surface area (Å²) >= 11 is 0. The first-order valence-electron chi connectivity index (χ1n) is 12.1. The largest absolute Gasteiger partial charge is 0.508 e. The second kappa shape index (κ2) is 11.8. The van der Waals surface area contributed by atoms with E-state index in [1.54, 1.807) is 42.5 Å². The Morgan fingerprint density at radius 3 is 1.35 bits per heavy atom. The number of phenols is 3. The van der Waals surface area contributed by atoms with Crippen molar-refractivity contribution in [2.24, 2.45) is 0 Å². The average Bonchev–Trinajstić information content (AvgIpc) is 2.90. The second-order valence-electron chi connectivity index (χ2n) is 8.89. The van der Waals surface area contributed by atoms with Crippen molar-refractivity contribution in [3.63, 3.8) is 0 Å². The molecule has 37 heavy (non-hydrogen) atoms. The Morgan fingerprint density at radius 1 is 0.595 bits per heavy atom. The molecule has 4 N–H and O–H groups in total. The lowest BCUT2D eigenvalue weighted by atomic mass is 9.83. The molecule has 4 aromatic carbocycles. The van der Waals surface area contributed by atoms with E-state index >= 15 is 0 Å². The minimum absolute atomic E-state index is 0.0169. The van der Waals surface area contributed by atoms with Gasteiger partial charge in [0.25, 0.3) is 0 Å². The summed E-state index contributed by atoms with van der Waals surface area (Å²) in [5.41, 5.74) is 5.28. The van der Waals surface area contributed by atoms with E-state index < -0.39 is 0 Å². The molecule has 186 valence electrons. The summed E-state index contributed by atoms with van der Waals surface area (Å²) in [6, 6.07) is 30.0. The molecule has 4 nitrogen and oxygen atoms in total. The molecule has 0 radical (unpaired) electrons. The molecule has 0 bridgehead atoms. The Labute approximate surface area is 217 Å². The first-order valence-corrected chi connectivity index (χ1v) is 12.1. The minimum Gasteiger partial charge on any atom is -0.508 e. The third-order valence-electron chi connectivity index (χ3n) is 6.37. The van der Waals surface area contributed by atoms with Crippen LogP contribution in [-0.4, -0.2) is 20.4 Å². The summed E-state index contributed by atoms with van der Waals surface area (Å²) < 4.78 is 0. The molecule has 0 saturated heterocycles. The number of aliphatic hydroxyl groups is 1. The lowest BCUT2D eigenvalue weighted by Crippen LogP contribution is -2.05. The van der Waals surface area contributed by atoms with Crippen LogP contribution in [0.4, 0.5) is 0 Å². The minimum atomic E-state index is -0.0803. The zero-order chi connectivity index (χ0) is 26.2. The van der Waals surface area contributed by atoms with E-state index in [1.165, 1.54) is 12.2 Å². The fraction of sp³-hybridized carbons (Fsp3) is 0.0909. The fourth-order valence-electron chi connectivity index (χ4n) is 4.50. The average molecular weight is 491 g/mol. The van der Waals surface area contributed by atoms with Crippen molar-refractivity contribution in [3.05, 3.63) is 162 Å². The van der Waals surface area contributed by atoms with E-state index in [4.69, 9.17) is 0 Å². The molecule has 4 aromatic rings. The van der Waals surface area contributed by atoms with Gasteiger partial charge >= 0.3 is 0 Å². The number of benzene rings is 4. The molecular weight excluding hydrogens is 460 g/mol. The van der Waals surface area contributed by atoms with Crippen molar-refractivity contribution in [3.8, 4) is 17.2 Å². The van der Waals surface area contributed by atoms with Crippen molar-refractivity contribution in [2.45, 2.75) is 18.3 Å². The molecule has 4 heteroatoms. The highest BCUT2D eigenvalue weighted by Crippen LogP contribution is 2.36. The van der Waals surface area contributed by atoms with Crippen LogP contribution in [0.2, 0.25) is 0 Å². The van der Waals surface area contributed by atoms with E-state index in [0.717, 1.165) is 27.8 Å². The van der Waals surface area contributed by atoms with E-state index in [1.807, 2.05) is 42.5 Å². The van der Waals surface area contributed by atoms with Crippen LogP contribution in [0.15, 0.2) is 134 Å². The van der Waals surface area contributed by atoms with E-state index in [-0.39, 0.29) is 34.8 Å². The summed E-state index contributed by atoms with van der Waals surface area (Å²) in [7, 11) is 0. The summed E-state index contributed by atoms with van der Waals surface area (Å²) in [5.74, 6) is 0.710. The van der Waals surface area contributed by atoms with Gasteiger partial charge in [-0.3, -0.25) is 0 Å². The Hall–Kier alpha value is -4.70. The lowest BCUT2D eigenvalue weighted by Gasteiger charge is -2.21. The van der Waals surface area contributed by atoms with Crippen LogP contribution in [0, 0.1) is 0 Å². The van der Waals surface area contributed by atoms with Crippen LogP contribution in [0.5, 0.6) is 17.2 Å². The second-order valence-corrected chi connectivity index (χ2v) is 8.89. The molecule has 0 aromatic heterocycles. The normalized spacial score (nSPS) is 12.6. The first kappa shape index (κ1) is 25.4. The van der Waals surface area contributed by atoms with Gasteiger partial charge in [0.1, 0.15) is 23.0 Å². The molecule has 0 aliphatic carbocycles. The molecule has 0 spiro atoms. The topological polar surface area (TPSA) is 80.9 Å². The summed E-state index contributed by atoms with van der Waals surface area (Å²) in [5, 5.41) is 39.3. The Balaban J connectivity index is 1.70. The van der Waals surface area contributed by atoms with Crippen molar-refractivity contribution < 1.29 is 20.4 Å². The lowest BCUT2D eigenvalue weighted by molar-refractivity contribution is 0.432. The SMILES string of the molecule is C=C/C=C(O)\C=C/CC(c1ccc(O)cc1)c1ccc(C(c2ccc(O)cc2)c2ccc(O)cc2)cc1. The molecule has 0 aliphatic rings. The molecule has 0 fully saturated rings. The van der Waals surface area contributed by atoms with Crippen LogP contribution in [-0.2, 0) is 0 Å². The number of allylic oxidation sites excluding steroid dienone is 4. The van der Waals surface area contributed by atoms with Gasteiger partial charge < -0.3 is 20.4 Å². The highest BCUT2D eigenvalue weighted by atomic mass is 16.3. The van der Waals surface area contributed by atoms with Crippen molar-refractivity contribution >= 4 is 0 Å². The Kier molecular flexibility index (Phi) is 8.11. The maximum atomic E-state index is 9.93. The quantitative estimate of drug-likeness (QED) is 0.110. The molecule has 0 aliphatic heterocycles. The third-order valence-corrected chi connectivity index (χ3v) is 6.37. The van der Waals surface area contributed by atoms with Gasteiger partial charge in [-0.15, -0.1) is 0 Å². The molecule has 0 amide bonds. The molecule has 0 saturated carbocycles. The van der Waals surface area contributed by atoms with Crippen molar-refractivity contribution in [1.82, 2.24) is 0 Å². The van der Waals surface area contributed by atoms with E-state index in [9.17, 15) is 20.4 Å². The maximum absolute atomic E-state index is 9.93. The number of phenolic OH excluding ortho intramolecular Hbond substituents is 3. The number of hydrogen-bond acceptors (Lipinski definition) is 4. The fourth-order valence-corrected chi connectivity index (χ4v) is 4.50. The molecular formula is C33H30O4. The first-order chi connectivity index (χ1) is 17.9. The highest BCUT2D eigenvalue weighted by Gasteiger charge is 2.19. The van der Waals surface area contributed by atoms with Crippen LogP contribution < -0.4 is 0 Å². The monoisotopic (exact) mass is 490 g/mol. The van der Waals surface area contributed by atoms with Crippen molar-refractivity contribution in [2.75, 3.05) is 0 Å².